The van der Waals surface area contributed by atoms with E-state index >= 15 is 0 Å². The van der Waals surface area contributed by atoms with Gasteiger partial charge in [0.15, 0.2) is 11.5 Å². The number of carboxylic acids is 1. The molecular formula is C15H18O4. The lowest BCUT2D eigenvalue weighted by atomic mass is 9.69. The van der Waals surface area contributed by atoms with Gasteiger partial charge in [0.2, 0.25) is 0 Å². The first-order chi connectivity index (χ1) is 9.22. The minimum Gasteiger partial charge on any atom is -0.486 e. The second-order valence-corrected chi connectivity index (χ2v) is 5.37. The maximum absolute atomic E-state index is 10.5. The van der Waals surface area contributed by atoms with Crippen molar-refractivity contribution >= 4 is 5.97 Å². The first-order valence-electron chi connectivity index (χ1n) is 6.83. The Bertz CT molecular complexity index is 477. The number of fused-ring (bicyclic) bond motifs is 1. The number of benzene rings is 1. The summed E-state index contributed by atoms with van der Waals surface area (Å²) in [4.78, 5) is 10.5. The van der Waals surface area contributed by atoms with Gasteiger partial charge in [-0.15, -0.1) is 0 Å². The molecule has 0 spiro atoms. The molecule has 0 aromatic heterocycles. The van der Waals surface area contributed by atoms with Crippen LogP contribution in [0.1, 0.15) is 37.2 Å². The molecule has 1 saturated carbocycles. The number of carboxylic acid groups (broad SMARTS) is 1. The van der Waals surface area contributed by atoms with Crippen LogP contribution in [0.4, 0.5) is 0 Å². The topological polar surface area (TPSA) is 55.8 Å². The van der Waals surface area contributed by atoms with E-state index in [0.29, 0.717) is 31.5 Å². The summed E-state index contributed by atoms with van der Waals surface area (Å²) in [5, 5.41) is 8.67. The number of rotatable bonds is 4. The van der Waals surface area contributed by atoms with Gasteiger partial charge < -0.3 is 14.6 Å². The predicted octanol–water partition coefficient (Wildman–Crippen LogP) is 2.82. The van der Waals surface area contributed by atoms with Gasteiger partial charge in [0.05, 0.1) is 0 Å². The number of ether oxygens (including phenoxy) is 2. The largest absolute Gasteiger partial charge is 0.486 e. The molecule has 0 saturated heterocycles. The van der Waals surface area contributed by atoms with Crippen LogP contribution in [0.5, 0.6) is 11.5 Å². The highest BCUT2D eigenvalue weighted by Gasteiger charge is 2.31. The Kier molecular flexibility index (Phi) is 3.32. The molecule has 0 unspecified atom stereocenters. The van der Waals surface area contributed by atoms with E-state index in [-0.39, 0.29) is 0 Å². The maximum Gasteiger partial charge on any atom is 0.303 e. The third-order valence-corrected chi connectivity index (χ3v) is 4.04. The highest BCUT2D eigenvalue weighted by molar-refractivity contribution is 5.66. The zero-order valence-corrected chi connectivity index (χ0v) is 10.8. The summed E-state index contributed by atoms with van der Waals surface area (Å²) in [5.74, 6) is 2.10. The van der Waals surface area contributed by atoms with E-state index in [2.05, 4.69) is 12.1 Å². The second kappa shape index (κ2) is 5.11. The van der Waals surface area contributed by atoms with Gasteiger partial charge in [0.25, 0.3) is 0 Å². The van der Waals surface area contributed by atoms with Crippen LogP contribution >= 0.6 is 0 Å². The summed E-state index contributed by atoms with van der Waals surface area (Å²) in [5.41, 5.74) is 1.29. The fourth-order valence-corrected chi connectivity index (χ4v) is 2.89. The summed E-state index contributed by atoms with van der Waals surface area (Å²) < 4.78 is 11.1. The monoisotopic (exact) mass is 262 g/mol. The smallest absolute Gasteiger partial charge is 0.303 e. The van der Waals surface area contributed by atoms with Crippen molar-refractivity contribution in [2.45, 2.75) is 31.6 Å². The second-order valence-electron chi connectivity index (χ2n) is 5.37. The molecule has 0 amide bonds. The van der Waals surface area contributed by atoms with E-state index < -0.39 is 5.97 Å². The van der Waals surface area contributed by atoms with Gasteiger partial charge in [0, 0.05) is 6.42 Å². The Morgan fingerprint density at radius 1 is 1.21 bits per heavy atom. The maximum atomic E-state index is 10.5. The number of hydrogen-bond acceptors (Lipinski definition) is 3. The van der Waals surface area contributed by atoms with Crippen LogP contribution in [0.2, 0.25) is 0 Å². The van der Waals surface area contributed by atoms with E-state index in [0.717, 1.165) is 30.8 Å². The van der Waals surface area contributed by atoms with E-state index in [9.17, 15) is 4.79 Å². The molecule has 0 atom stereocenters. The van der Waals surface area contributed by atoms with Crippen molar-refractivity contribution in [3.05, 3.63) is 23.8 Å². The molecule has 1 aliphatic carbocycles. The molecule has 1 fully saturated rings. The first-order valence-corrected chi connectivity index (χ1v) is 6.83. The van der Waals surface area contributed by atoms with Crippen molar-refractivity contribution in [2.24, 2.45) is 5.92 Å². The standard InChI is InChI=1S/C15H18O4/c16-15(17)4-1-10-7-12(8-10)11-2-3-13-14(9-11)19-6-5-18-13/h2-3,9-10,12H,1,4-8H2,(H,16,17). The third kappa shape index (κ3) is 2.67. The van der Waals surface area contributed by atoms with Gasteiger partial charge in [-0.3, -0.25) is 4.79 Å². The quantitative estimate of drug-likeness (QED) is 0.906. The zero-order chi connectivity index (χ0) is 13.2. The van der Waals surface area contributed by atoms with Crippen LogP contribution in [0.3, 0.4) is 0 Å². The first kappa shape index (κ1) is 12.3. The minimum absolute atomic E-state index is 0.290. The third-order valence-electron chi connectivity index (χ3n) is 4.04. The fraction of sp³-hybridized carbons (Fsp3) is 0.533. The van der Waals surface area contributed by atoms with Crippen LogP contribution < -0.4 is 9.47 Å². The molecular weight excluding hydrogens is 244 g/mol. The Hall–Kier alpha value is -1.71. The average molecular weight is 262 g/mol. The summed E-state index contributed by atoms with van der Waals surface area (Å²) >= 11 is 0. The molecule has 1 aliphatic heterocycles. The zero-order valence-electron chi connectivity index (χ0n) is 10.8. The SMILES string of the molecule is O=C(O)CCC1CC(c2ccc3c(c2)OCCO3)C1. The molecule has 3 rings (SSSR count). The molecule has 1 aromatic rings. The highest BCUT2D eigenvalue weighted by atomic mass is 16.6. The Balaban J connectivity index is 1.58. The van der Waals surface area contributed by atoms with Crippen LogP contribution in [-0.4, -0.2) is 24.3 Å². The van der Waals surface area contributed by atoms with E-state index in [4.69, 9.17) is 14.6 Å². The summed E-state index contributed by atoms with van der Waals surface area (Å²) in [7, 11) is 0. The molecule has 0 radical (unpaired) electrons. The summed E-state index contributed by atoms with van der Waals surface area (Å²) in [6, 6.07) is 6.16. The molecule has 4 nitrogen and oxygen atoms in total. The van der Waals surface area contributed by atoms with Gasteiger partial charge in [-0.2, -0.15) is 0 Å². The molecule has 102 valence electrons. The molecule has 4 heteroatoms. The molecule has 1 N–H and O–H groups in total. The Morgan fingerprint density at radius 2 is 1.95 bits per heavy atom. The Morgan fingerprint density at radius 3 is 2.68 bits per heavy atom. The summed E-state index contributed by atoms with van der Waals surface area (Å²) in [6.07, 6.45) is 3.27. The number of carbonyl (C=O) groups is 1. The van der Waals surface area contributed by atoms with Gasteiger partial charge in [0.1, 0.15) is 13.2 Å². The molecule has 1 heterocycles. The lowest BCUT2D eigenvalue weighted by Gasteiger charge is -2.36. The van der Waals surface area contributed by atoms with Crippen molar-refractivity contribution in [2.75, 3.05) is 13.2 Å². The fourth-order valence-electron chi connectivity index (χ4n) is 2.89. The van der Waals surface area contributed by atoms with Gasteiger partial charge in [-0.05, 0) is 48.8 Å². The highest BCUT2D eigenvalue weighted by Crippen LogP contribution is 2.45. The predicted molar refractivity (Wildman–Crippen MR) is 69.8 cm³/mol. The van der Waals surface area contributed by atoms with E-state index in [1.807, 2.05) is 6.07 Å². The van der Waals surface area contributed by atoms with Gasteiger partial charge in [-0.1, -0.05) is 6.07 Å². The van der Waals surface area contributed by atoms with Crippen molar-refractivity contribution in [3.8, 4) is 11.5 Å². The summed E-state index contributed by atoms with van der Waals surface area (Å²) in [6.45, 7) is 1.23. The minimum atomic E-state index is -0.692. The van der Waals surface area contributed by atoms with Gasteiger partial charge >= 0.3 is 5.97 Å². The molecule has 1 aromatic carbocycles. The van der Waals surface area contributed by atoms with E-state index in [1.165, 1.54) is 5.56 Å². The van der Waals surface area contributed by atoms with Crippen molar-refractivity contribution in [3.63, 3.8) is 0 Å². The van der Waals surface area contributed by atoms with Gasteiger partial charge in [-0.25, -0.2) is 0 Å². The molecule has 19 heavy (non-hydrogen) atoms. The molecule has 0 bridgehead atoms. The van der Waals surface area contributed by atoms with Crippen molar-refractivity contribution < 1.29 is 19.4 Å². The van der Waals surface area contributed by atoms with Crippen LogP contribution in [-0.2, 0) is 4.79 Å². The van der Waals surface area contributed by atoms with Crippen molar-refractivity contribution in [1.29, 1.82) is 0 Å². The average Bonchev–Trinajstić information content (AvgIpc) is 2.36. The van der Waals surface area contributed by atoms with Crippen LogP contribution in [0.25, 0.3) is 0 Å². The van der Waals surface area contributed by atoms with E-state index in [1.54, 1.807) is 0 Å². The van der Waals surface area contributed by atoms with Crippen LogP contribution in [0.15, 0.2) is 18.2 Å². The molecule has 2 aliphatic rings. The number of hydrogen-bond donors (Lipinski definition) is 1. The normalized spacial score (nSPS) is 24.6. The van der Waals surface area contributed by atoms with Crippen molar-refractivity contribution in [1.82, 2.24) is 0 Å². The lowest BCUT2D eigenvalue weighted by molar-refractivity contribution is -0.137. The Labute approximate surface area is 112 Å². The lowest BCUT2D eigenvalue weighted by Crippen LogP contribution is -2.23. The number of aliphatic carboxylic acids is 1. The van der Waals surface area contributed by atoms with Crippen LogP contribution in [0, 0.1) is 5.92 Å².